The van der Waals surface area contributed by atoms with E-state index in [1.54, 1.807) is 6.21 Å². The zero-order chi connectivity index (χ0) is 19.9. The van der Waals surface area contributed by atoms with Crippen molar-refractivity contribution in [1.82, 2.24) is 5.43 Å². The molecule has 0 rings (SSSR count). The molecule has 0 heterocycles. The molecule has 0 aromatic heterocycles. The SMILES string of the molecule is CCCCCCCC(=O)O.CCCCCCCCCCC=NNC(=N)N. The number of rotatable bonds is 16. The Kier molecular flexibility index (Phi) is 24.0. The maximum absolute atomic E-state index is 10.0. The quantitative estimate of drug-likeness (QED) is 0.126. The van der Waals surface area contributed by atoms with Gasteiger partial charge in [0.25, 0.3) is 0 Å². The minimum atomic E-state index is -0.670. The first-order chi connectivity index (χ1) is 12.5. The zero-order valence-electron chi connectivity index (χ0n) is 17.1. The Morgan fingerprint density at radius 1 is 0.923 bits per heavy atom. The van der Waals surface area contributed by atoms with Gasteiger partial charge in [0.1, 0.15) is 0 Å². The molecular formula is C20H42N4O2. The van der Waals surface area contributed by atoms with Crippen LogP contribution in [0.1, 0.15) is 110 Å². The third-order valence-corrected chi connectivity index (χ3v) is 3.96. The van der Waals surface area contributed by atoms with Crippen LogP contribution in [0.2, 0.25) is 0 Å². The highest BCUT2D eigenvalue weighted by Crippen LogP contribution is 2.08. The van der Waals surface area contributed by atoms with Gasteiger partial charge in [-0.25, -0.2) is 5.43 Å². The van der Waals surface area contributed by atoms with Gasteiger partial charge in [0.15, 0.2) is 0 Å². The van der Waals surface area contributed by atoms with Gasteiger partial charge in [0.2, 0.25) is 5.96 Å². The highest BCUT2D eigenvalue weighted by molar-refractivity contribution is 5.75. The van der Waals surface area contributed by atoms with Crippen molar-refractivity contribution in [1.29, 1.82) is 5.41 Å². The summed E-state index contributed by atoms with van der Waals surface area (Å²) in [5, 5.41) is 18.9. The summed E-state index contributed by atoms with van der Waals surface area (Å²) in [4.78, 5) is 10.0. The monoisotopic (exact) mass is 370 g/mol. The molecule has 6 nitrogen and oxygen atoms in total. The molecule has 0 aromatic rings. The standard InChI is InChI=1S/C12H26N4.C8H16O2/c1-2-3-4-5-6-7-8-9-10-11-15-16-12(13)14;1-2-3-4-5-6-7-8(9)10/h11H,2-10H2,1H3,(H4,13,14,16);2-7H2,1H3,(H,9,10). The van der Waals surface area contributed by atoms with Gasteiger partial charge in [0, 0.05) is 12.6 Å². The summed E-state index contributed by atoms with van der Waals surface area (Å²) in [6.45, 7) is 4.39. The van der Waals surface area contributed by atoms with Crippen LogP contribution in [0.25, 0.3) is 0 Å². The Morgan fingerprint density at radius 2 is 1.38 bits per heavy atom. The van der Waals surface area contributed by atoms with E-state index in [2.05, 4.69) is 24.4 Å². The Balaban J connectivity index is 0. The average Bonchev–Trinajstić information content (AvgIpc) is 2.59. The van der Waals surface area contributed by atoms with Gasteiger partial charge < -0.3 is 10.8 Å². The molecule has 0 amide bonds. The lowest BCUT2D eigenvalue weighted by atomic mass is 10.1. The van der Waals surface area contributed by atoms with E-state index in [0.29, 0.717) is 6.42 Å². The number of hydrogen-bond donors (Lipinski definition) is 4. The van der Waals surface area contributed by atoms with Gasteiger partial charge >= 0.3 is 5.97 Å². The van der Waals surface area contributed by atoms with Crippen LogP contribution in [-0.4, -0.2) is 23.2 Å². The number of carbonyl (C=O) groups is 1. The lowest BCUT2D eigenvalue weighted by Crippen LogP contribution is -2.25. The number of nitrogens with one attached hydrogen (secondary N) is 2. The van der Waals surface area contributed by atoms with Crippen LogP contribution in [0.5, 0.6) is 0 Å². The number of unbranched alkanes of at least 4 members (excludes halogenated alkanes) is 12. The summed E-state index contributed by atoms with van der Waals surface area (Å²) in [5.74, 6) is -0.774. The normalized spacial score (nSPS) is 10.4. The fourth-order valence-corrected chi connectivity index (χ4v) is 2.43. The van der Waals surface area contributed by atoms with Crippen molar-refractivity contribution in [2.24, 2.45) is 10.8 Å². The summed E-state index contributed by atoms with van der Waals surface area (Å²) in [6, 6.07) is 0. The Bertz CT molecular complexity index is 347. The summed E-state index contributed by atoms with van der Waals surface area (Å²) < 4.78 is 0. The van der Waals surface area contributed by atoms with Crippen LogP contribution >= 0.6 is 0 Å². The van der Waals surface area contributed by atoms with Gasteiger partial charge in [-0.2, -0.15) is 5.10 Å². The first-order valence-electron chi connectivity index (χ1n) is 10.4. The molecule has 0 spiro atoms. The first kappa shape index (κ1) is 26.6. The predicted molar refractivity (Wildman–Crippen MR) is 112 cm³/mol. The van der Waals surface area contributed by atoms with Crippen molar-refractivity contribution in [3.8, 4) is 0 Å². The van der Waals surface area contributed by atoms with Crippen molar-refractivity contribution >= 4 is 18.1 Å². The molecule has 0 fully saturated rings. The minimum Gasteiger partial charge on any atom is -0.481 e. The van der Waals surface area contributed by atoms with E-state index in [0.717, 1.165) is 19.3 Å². The maximum atomic E-state index is 10.0. The second-order valence-electron chi connectivity index (χ2n) is 6.66. The molecule has 0 aliphatic carbocycles. The van der Waals surface area contributed by atoms with E-state index < -0.39 is 5.97 Å². The van der Waals surface area contributed by atoms with E-state index in [9.17, 15) is 4.79 Å². The molecule has 5 N–H and O–H groups in total. The third kappa shape index (κ3) is 30.3. The number of hydrazone groups is 1. The number of nitrogens with zero attached hydrogens (tertiary/aromatic N) is 1. The van der Waals surface area contributed by atoms with E-state index in [-0.39, 0.29) is 5.96 Å². The van der Waals surface area contributed by atoms with E-state index >= 15 is 0 Å². The highest BCUT2D eigenvalue weighted by Gasteiger charge is 1.94. The van der Waals surface area contributed by atoms with Gasteiger partial charge in [-0.3, -0.25) is 10.2 Å². The lowest BCUT2D eigenvalue weighted by Gasteiger charge is -1.99. The molecule has 0 saturated heterocycles. The van der Waals surface area contributed by atoms with Crippen LogP contribution in [0.4, 0.5) is 0 Å². The van der Waals surface area contributed by atoms with Crippen LogP contribution in [-0.2, 0) is 4.79 Å². The number of nitrogens with two attached hydrogens (primary N) is 1. The van der Waals surface area contributed by atoms with E-state index in [1.165, 1.54) is 70.6 Å². The van der Waals surface area contributed by atoms with Gasteiger partial charge in [-0.1, -0.05) is 84.5 Å². The first-order valence-corrected chi connectivity index (χ1v) is 10.4. The molecule has 0 radical (unpaired) electrons. The van der Waals surface area contributed by atoms with E-state index in [4.69, 9.17) is 16.2 Å². The Morgan fingerprint density at radius 3 is 1.85 bits per heavy atom. The zero-order valence-corrected chi connectivity index (χ0v) is 17.1. The summed E-state index contributed by atoms with van der Waals surface area (Å²) in [5.41, 5.74) is 7.47. The third-order valence-electron chi connectivity index (χ3n) is 3.96. The molecule has 26 heavy (non-hydrogen) atoms. The summed E-state index contributed by atoms with van der Waals surface area (Å²) >= 11 is 0. The fraction of sp³-hybridized carbons (Fsp3) is 0.850. The molecule has 0 aliphatic rings. The molecular weight excluding hydrogens is 328 g/mol. The van der Waals surface area contributed by atoms with E-state index in [1.807, 2.05) is 0 Å². The summed E-state index contributed by atoms with van der Waals surface area (Å²) in [6.07, 6.45) is 19.3. The molecule has 0 atom stereocenters. The molecule has 0 aliphatic heterocycles. The van der Waals surface area contributed by atoms with Crippen LogP contribution in [0.15, 0.2) is 5.10 Å². The molecule has 154 valence electrons. The fourth-order valence-electron chi connectivity index (χ4n) is 2.43. The van der Waals surface area contributed by atoms with Crippen LogP contribution in [0.3, 0.4) is 0 Å². The molecule has 6 heteroatoms. The van der Waals surface area contributed by atoms with Crippen LogP contribution in [0, 0.1) is 5.41 Å². The Labute approximate surface area is 160 Å². The van der Waals surface area contributed by atoms with Crippen molar-refractivity contribution in [3.63, 3.8) is 0 Å². The molecule has 0 unspecified atom stereocenters. The number of hydrogen-bond acceptors (Lipinski definition) is 3. The van der Waals surface area contributed by atoms with Crippen molar-refractivity contribution in [3.05, 3.63) is 0 Å². The molecule has 0 bridgehead atoms. The number of aliphatic carboxylic acids is 1. The average molecular weight is 371 g/mol. The number of guanidine groups is 1. The Hall–Kier alpha value is -1.59. The largest absolute Gasteiger partial charge is 0.481 e. The minimum absolute atomic E-state index is 0.104. The predicted octanol–water partition coefficient (Wildman–Crippen LogP) is 5.42. The molecule has 0 aromatic carbocycles. The van der Waals surface area contributed by atoms with Crippen molar-refractivity contribution < 1.29 is 9.90 Å². The van der Waals surface area contributed by atoms with Crippen molar-refractivity contribution in [2.75, 3.05) is 0 Å². The maximum Gasteiger partial charge on any atom is 0.303 e. The highest BCUT2D eigenvalue weighted by atomic mass is 16.4. The topological polar surface area (TPSA) is 112 Å². The lowest BCUT2D eigenvalue weighted by molar-refractivity contribution is -0.137. The second-order valence-corrected chi connectivity index (χ2v) is 6.66. The smallest absolute Gasteiger partial charge is 0.303 e. The second kappa shape index (κ2) is 23.4. The molecule has 0 saturated carbocycles. The summed E-state index contributed by atoms with van der Waals surface area (Å²) in [7, 11) is 0. The van der Waals surface area contributed by atoms with Gasteiger partial charge in [-0.05, 0) is 19.3 Å². The number of carboxylic acid groups (broad SMARTS) is 1. The van der Waals surface area contributed by atoms with Crippen LogP contribution < -0.4 is 11.2 Å². The van der Waals surface area contributed by atoms with Crippen molar-refractivity contribution in [2.45, 2.75) is 110 Å². The van der Waals surface area contributed by atoms with Gasteiger partial charge in [0.05, 0.1) is 0 Å². The van der Waals surface area contributed by atoms with Gasteiger partial charge in [-0.15, -0.1) is 0 Å². The number of carboxylic acids is 1.